The molecular formula is C15H22N2O3. The fourth-order valence-electron chi connectivity index (χ4n) is 2.70. The van der Waals surface area contributed by atoms with Crippen molar-refractivity contribution in [1.82, 2.24) is 5.32 Å². The van der Waals surface area contributed by atoms with Gasteiger partial charge in [0.25, 0.3) is 5.69 Å². The molecule has 0 amide bonds. The summed E-state index contributed by atoms with van der Waals surface area (Å²) >= 11 is 0. The van der Waals surface area contributed by atoms with Gasteiger partial charge >= 0.3 is 0 Å². The first kappa shape index (κ1) is 14.8. The molecule has 0 heterocycles. The summed E-state index contributed by atoms with van der Waals surface area (Å²) in [4.78, 5) is 10.5. The summed E-state index contributed by atoms with van der Waals surface area (Å²) in [5.41, 5.74) is 0.980. The predicted molar refractivity (Wildman–Crippen MR) is 77.9 cm³/mol. The SMILES string of the molecule is COc1cc(CNC2CCC(C)CC2)cc([N+](=O)[O-])c1. The number of rotatable bonds is 5. The third-order valence-electron chi connectivity index (χ3n) is 4.01. The first-order chi connectivity index (χ1) is 9.58. The Labute approximate surface area is 119 Å². The smallest absolute Gasteiger partial charge is 0.273 e. The van der Waals surface area contributed by atoms with E-state index >= 15 is 0 Å². The molecule has 5 nitrogen and oxygen atoms in total. The van der Waals surface area contributed by atoms with Gasteiger partial charge in [0, 0.05) is 18.7 Å². The zero-order valence-electron chi connectivity index (χ0n) is 12.1. The van der Waals surface area contributed by atoms with Gasteiger partial charge in [-0.1, -0.05) is 6.92 Å². The van der Waals surface area contributed by atoms with Crippen molar-refractivity contribution in [2.45, 2.75) is 45.2 Å². The summed E-state index contributed by atoms with van der Waals surface area (Å²) in [6.45, 7) is 2.94. The van der Waals surface area contributed by atoms with Crippen LogP contribution in [0, 0.1) is 16.0 Å². The van der Waals surface area contributed by atoms with Crippen LogP contribution >= 0.6 is 0 Å². The van der Waals surface area contributed by atoms with Crippen LogP contribution < -0.4 is 10.1 Å². The van der Waals surface area contributed by atoms with Gasteiger partial charge in [-0.3, -0.25) is 10.1 Å². The number of nitro groups is 1. The first-order valence-electron chi connectivity index (χ1n) is 7.14. The van der Waals surface area contributed by atoms with Gasteiger partial charge in [0.15, 0.2) is 0 Å². The van der Waals surface area contributed by atoms with Crippen molar-refractivity contribution < 1.29 is 9.66 Å². The number of hydrogen-bond acceptors (Lipinski definition) is 4. The van der Waals surface area contributed by atoms with Crippen molar-refractivity contribution in [3.8, 4) is 5.75 Å². The molecule has 1 aromatic carbocycles. The molecule has 1 aliphatic carbocycles. The molecule has 0 aromatic heterocycles. The number of methoxy groups -OCH3 is 1. The van der Waals surface area contributed by atoms with Crippen molar-refractivity contribution in [3.05, 3.63) is 33.9 Å². The van der Waals surface area contributed by atoms with E-state index < -0.39 is 0 Å². The number of nitrogens with one attached hydrogen (secondary N) is 1. The lowest BCUT2D eigenvalue weighted by atomic mass is 9.87. The Morgan fingerprint density at radius 2 is 2.00 bits per heavy atom. The lowest BCUT2D eigenvalue weighted by Gasteiger charge is -2.27. The van der Waals surface area contributed by atoms with E-state index in [9.17, 15) is 10.1 Å². The molecule has 1 fully saturated rings. The molecule has 0 saturated heterocycles. The summed E-state index contributed by atoms with van der Waals surface area (Å²) in [7, 11) is 1.53. The highest BCUT2D eigenvalue weighted by Crippen LogP contribution is 2.25. The molecule has 0 spiro atoms. The lowest BCUT2D eigenvalue weighted by Crippen LogP contribution is -2.32. The number of ether oxygens (including phenoxy) is 1. The fourth-order valence-corrected chi connectivity index (χ4v) is 2.70. The third kappa shape index (κ3) is 3.93. The maximum Gasteiger partial charge on any atom is 0.273 e. The molecule has 0 aliphatic heterocycles. The number of nitrogens with zero attached hydrogens (tertiary/aromatic N) is 1. The van der Waals surface area contributed by atoms with E-state index in [0.29, 0.717) is 18.3 Å². The van der Waals surface area contributed by atoms with E-state index in [1.807, 2.05) is 6.07 Å². The Morgan fingerprint density at radius 3 is 2.60 bits per heavy atom. The standard InChI is InChI=1S/C15H22N2O3/c1-11-3-5-13(6-4-11)16-10-12-7-14(17(18)19)9-15(8-12)20-2/h7-9,11,13,16H,3-6,10H2,1-2H3. The van der Waals surface area contributed by atoms with Crippen LogP contribution in [0.4, 0.5) is 5.69 Å². The summed E-state index contributed by atoms with van der Waals surface area (Å²) in [6.07, 6.45) is 4.90. The minimum atomic E-state index is -0.381. The number of nitro benzene ring substituents is 1. The van der Waals surface area contributed by atoms with Crippen LogP contribution in [0.1, 0.15) is 38.2 Å². The molecule has 110 valence electrons. The van der Waals surface area contributed by atoms with Gasteiger partial charge in [0.05, 0.1) is 18.1 Å². The van der Waals surface area contributed by atoms with Crippen LogP contribution in [0.2, 0.25) is 0 Å². The minimum Gasteiger partial charge on any atom is -0.496 e. The molecule has 0 bridgehead atoms. The van der Waals surface area contributed by atoms with Gasteiger partial charge in [-0.25, -0.2) is 0 Å². The van der Waals surface area contributed by atoms with Crippen LogP contribution in [-0.4, -0.2) is 18.1 Å². The zero-order chi connectivity index (χ0) is 14.5. The Bertz CT molecular complexity index is 468. The minimum absolute atomic E-state index is 0.0819. The average Bonchev–Trinajstić information content (AvgIpc) is 2.46. The van der Waals surface area contributed by atoms with Crippen molar-refractivity contribution in [1.29, 1.82) is 0 Å². The van der Waals surface area contributed by atoms with Gasteiger partial charge in [-0.2, -0.15) is 0 Å². The zero-order valence-corrected chi connectivity index (χ0v) is 12.1. The van der Waals surface area contributed by atoms with E-state index in [4.69, 9.17) is 4.74 Å². The van der Waals surface area contributed by atoms with Gasteiger partial charge in [-0.15, -0.1) is 0 Å². The molecule has 0 atom stereocenters. The molecule has 1 N–H and O–H groups in total. The average molecular weight is 278 g/mol. The van der Waals surface area contributed by atoms with Gasteiger partial charge in [0.1, 0.15) is 5.75 Å². The maximum absolute atomic E-state index is 10.9. The molecule has 20 heavy (non-hydrogen) atoms. The van der Waals surface area contributed by atoms with Crippen LogP contribution in [0.5, 0.6) is 5.75 Å². The highest BCUT2D eigenvalue weighted by molar-refractivity contribution is 5.42. The highest BCUT2D eigenvalue weighted by atomic mass is 16.6. The Hall–Kier alpha value is -1.62. The molecule has 1 aliphatic rings. The Morgan fingerprint density at radius 1 is 1.30 bits per heavy atom. The Balaban J connectivity index is 1.98. The molecule has 2 rings (SSSR count). The second-order valence-corrected chi connectivity index (χ2v) is 5.63. The van der Waals surface area contributed by atoms with Crippen LogP contribution in [0.25, 0.3) is 0 Å². The second-order valence-electron chi connectivity index (χ2n) is 5.63. The van der Waals surface area contributed by atoms with E-state index in [2.05, 4.69) is 12.2 Å². The maximum atomic E-state index is 10.9. The van der Waals surface area contributed by atoms with E-state index in [-0.39, 0.29) is 10.6 Å². The molecule has 0 unspecified atom stereocenters. The molecular weight excluding hydrogens is 256 g/mol. The molecule has 1 saturated carbocycles. The fraction of sp³-hybridized carbons (Fsp3) is 0.600. The summed E-state index contributed by atoms with van der Waals surface area (Å²) in [5.74, 6) is 1.36. The van der Waals surface area contributed by atoms with Crippen LogP contribution in [0.3, 0.4) is 0 Å². The monoisotopic (exact) mass is 278 g/mol. The van der Waals surface area contributed by atoms with Crippen molar-refractivity contribution in [2.24, 2.45) is 5.92 Å². The van der Waals surface area contributed by atoms with E-state index in [1.54, 1.807) is 6.07 Å². The number of non-ortho nitro benzene ring substituents is 1. The van der Waals surface area contributed by atoms with Crippen molar-refractivity contribution in [2.75, 3.05) is 7.11 Å². The predicted octanol–water partition coefficient (Wildman–Crippen LogP) is 3.27. The van der Waals surface area contributed by atoms with Crippen molar-refractivity contribution >= 4 is 5.69 Å². The normalized spacial score (nSPS) is 22.5. The summed E-state index contributed by atoms with van der Waals surface area (Å²) in [6, 6.07) is 5.44. The van der Waals surface area contributed by atoms with Gasteiger partial charge in [0.2, 0.25) is 0 Å². The second kappa shape index (κ2) is 6.70. The van der Waals surface area contributed by atoms with Crippen molar-refractivity contribution in [3.63, 3.8) is 0 Å². The van der Waals surface area contributed by atoms with Crippen LogP contribution in [0.15, 0.2) is 18.2 Å². The van der Waals surface area contributed by atoms with Crippen LogP contribution in [-0.2, 0) is 6.54 Å². The third-order valence-corrected chi connectivity index (χ3v) is 4.01. The highest BCUT2D eigenvalue weighted by Gasteiger charge is 2.18. The van der Waals surface area contributed by atoms with E-state index in [0.717, 1.165) is 11.5 Å². The number of hydrogen-bond donors (Lipinski definition) is 1. The summed E-state index contributed by atoms with van der Waals surface area (Å²) < 4.78 is 5.12. The number of benzene rings is 1. The molecule has 1 aromatic rings. The van der Waals surface area contributed by atoms with Gasteiger partial charge in [-0.05, 0) is 43.2 Å². The first-order valence-corrected chi connectivity index (χ1v) is 7.14. The van der Waals surface area contributed by atoms with E-state index in [1.165, 1.54) is 38.9 Å². The van der Waals surface area contributed by atoms with Gasteiger partial charge < -0.3 is 10.1 Å². The topological polar surface area (TPSA) is 64.4 Å². The molecule has 5 heteroatoms. The largest absolute Gasteiger partial charge is 0.496 e. The Kier molecular flexibility index (Phi) is 4.95. The quantitative estimate of drug-likeness (QED) is 0.663. The summed E-state index contributed by atoms with van der Waals surface area (Å²) in [5, 5.41) is 14.4. The molecule has 0 radical (unpaired) electrons. The lowest BCUT2D eigenvalue weighted by molar-refractivity contribution is -0.385.